The molecule has 3 aliphatic heterocycles. The summed E-state index contributed by atoms with van der Waals surface area (Å²) in [4.78, 5) is 15.0. The molecule has 5 heteroatoms. The van der Waals surface area contributed by atoms with Gasteiger partial charge in [0.05, 0.1) is 19.3 Å². The predicted octanol–water partition coefficient (Wildman–Crippen LogP) is 2.80. The summed E-state index contributed by atoms with van der Waals surface area (Å²) in [5.41, 5.74) is 2.24. The number of hydrogen-bond donors (Lipinski definition) is 0. The van der Waals surface area contributed by atoms with Crippen LogP contribution in [0.3, 0.4) is 0 Å². The van der Waals surface area contributed by atoms with Crippen molar-refractivity contribution < 1.29 is 18.7 Å². The van der Waals surface area contributed by atoms with Crippen molar-refractivity contribution in [2.45, 2.75) is 25.7 Å². The minimum Gasteiger partial charge on any atom is -0.494 e. The van der Waals surface area contributed by atoms with Crippen LogP contribution in [0.5, 0.6) is 5.75 Å². The average molecular weight is 331 g/mol. The summed E-state index contributed by atoms with van der Waals surface area (Å²) < 4.78 is 24.5. The third kappa shape index (κ3) is 2.61. The summed E-state index contributed by atoms with van der Waals surface area (Å²) in [7, 11) is 1.43. The molecular formula is C19H22FNO3. The van der Waals surface area contributed by atoms with Gasteiger partial charge in [-0.2, -0.15) is 0 Å². The fourth-order valence-electron chi connectivity index (χ4n) is 4.10. The number of methoxy groups -OCH3 is 1. The number of allylic oxidation sites excluding steroid dienone is 1. The molecule has 128 valence electrons. The van der Waals surface area contributed by atoms with Crippen molar-refractivity contribution in [3.63, 3.8) is 0 Å². The smallest absolute Gasteiger partial charge is 0.338 e. The maximum absolute atomic E-state index is 13.8. The van der Waals surface area contributed by atoms with Gasteiger partial charge in [0.15, 0.2) is 11.6 Å². The van der Waals surface area contributed by atoms with Crippen LogP contribution in [-0.2, 0) is 16.0 Å². The molecule has 3 saturated heterocycles. The molecule has 0 amide bonds. The normalized spacial score (nSPS) is 27.6. The second-order valence-corrected chi connectivity index (χ2v) is 7.13. The summed E-state index contributed by atoms with van der Waals surface area (Å²) in [6, 6.07) is 3.04. The van der Waals surface area contributed by atoms with Crippen molar-refractivity contribution in [3.05, 3.63) is 35.2 Å². The molecule has 5 rings (SSSR count). The summed E-state index contributed by atoms with van der Waals surface area (Å²) in [6.07, 6.45) is 5.70. The minimum absolute atomic E-state index is 0.160. The Kier molecular flexibility index (Phi) is 3.83. The fraction of sp³-hybridized carbons (Fsp3) is 0.526. The first-order valence-corrected chi connectivity index (χ1v) is 8.57. The molecular weight excluding hydrogens is 309 g/mol. The lowest BCUT2D eigenvalue weighted by atomic mass is 9.73. The van der Waals surface area contributed by atoms with E-state index in [0.29, 0.717) is 18.6 Å². The number of fused-ring (bicyclic) bond motifs is 4. The van der Waals surface area contributed by atoms with E-state index in [1.807, 2.05) is 6.08 Å². The standard InChI is InChI=1S/C19H22FNO3/c1-23-17-11-15-13(10-16(17)20)2-3-14(15)18(22)24-12-19-4-7-21(8-5-19)9-6-19/h3,10-11H,2,4-9,12H2,1H3. The van der Waals surface area contributed by atoms with Crippen LogP contribution in [0.1, 0.15) is 30.4 Å². The molecule has 2 bridgehead atoms. The predicted molar refractivity (Wildman–Crippen MR) is 88.3 cm³/mol. The Morgan fingerprint density at radius 2 is 1.96 bits per heavy atom. The lowest BCUT2D eigenvalue weighted by Gasteiger charge is -2.47. The van der Waals surface area contributed by atoms with Gasteiger partial charge in [-0.3, -0.25) is 0 Å². The number of nitrogens with zero attached hydrogens (tertiary/aromatic N) is 1. The molecule has 4 aliphatic rings. The number of carbonyl (C=O) groups excluding carboxylic acids is 1. The second kappa shape index (κ2) is 5.88. The lowest BCUT2D eigenvalue weighted by molar-refractivity contribution is -0.143. The molecule has 0 saturated carbocycles. The minimum atomic E-state index is -0.396. The monoisotopic (exact) mass is 331 g/mol. The fourth-order valence-corrected chi connectivity index (χ4v) is 4.10. The van der Waals surface area contributed by atoms with Crippen LogP contribution < -0.4 is 4.74 Å². The van der Waals surface area contributed by atoms with Gasteiger partial charge in [0.1, 0.15) is 0 Å². The Bertz CT molecular complexity index is 691. The molecule has 0 N–H and O–H groups in total. The number of halogens is 1. The maximum atomic E-state index is 13.8. The number of carbonyl (C=O) groups is 1. The van der Waals surface area contributed by atoms with Crippen LogP contribution >= 0.6 is 0 Å². The Labute approximate surface area is 141 Å². The molecule has 3 heterocycles. The van der Waals surface area contributed by atoms with E-state index >= 15 is 0 Å². The van der Waals surface area contributed by atoms with Gasteiger partial charge < -0.3 is 14.4 Å². The van der Waals surface area contributed by atoms with E-state index in [0.717, 1.165) is 50.0 Å². The van der Waals surface area contributed by atoms with Crippen molar-refractivity contribution in [1.29, 1.82) is 0 Å². The Balaban J connectivity index is 1.47. The van der Waals surface area contributed by atoms with Gasteiger partial charge in [-0.25, -0.2) is 9.18 Å². The molecule has 0 unspecified atom stereocenters. The van der Waals surface area contributed by atoms with Gasteiger partial charge in [-0.05, 0) is 68.6 Å². The van der Waals surface area contributed by atoms with Gasteiger partial charge in [0.25, 0.3) is 0 Å². The highest BCUT2D eigenvalue weighted by atomic mass is 19.1. The van der Waals surface area contributed by atoms with Gasteiger partial charge >= 0.3 is 5.97 Å². The number of hydrogen-bond acceptors (Lipinski definition) is 4. The van der Waals surface area contributed by atoms with Gasteiger partial charge in [-0.1, -0.05) is 6.08 Å². The lowest BCUT2D eigenvalue weighted by Crippen LogP contribution is -2.50. The Morgan fingerprint density at radius 1 is 1.25 bits per heavy atom. The highest BCUT2D eigenvalue weighted by molar-refractivity contribution is 6.18. The number of piperidine rings is 3. The molecule has 0 radical (unpaired) electrons. The quantitative estimate of drug-likeness (QED) is 0.795. The molecule has 1 aliphatic carbocycles. The van der Waals surface area contributed by atoms with Crippen LogP contribution in [-0.4, -0.2) is 44.2 Å². The highest BCUT2D eigenvalue weighted by Crippen LogP contribution is 2.41. The largest absolute Gasteiger partial charge is 0.494 e. The molecule has 1 aromatic carbocycles. The first-order chi connectivity index (χ1) is 11.6. The van der Waals surface area contributed by atoms with Crippen LogP contribution in [0.4, 0.5) is 4.39 Å². The summed E-state index contributed by atoms with van der Waals surface area (Å²) in [5.74, 6) is -0.537. The Morgan fingerprint density at radius 3 is 2.62 bits per heavy atom. The van der Waals surface area contributed by atoms with Crippen LogP contribution in [0.2, 0.25) is 0 Å². The molecule has 0 spiro atoms. The van der Waals surface area contributed by atoms with Gasteiger partial charge in [0, 0.05) is 5.41 Å². The van der Waals surface area contributed by atoms with E-state index < -0.39 is 5.82 Å². The SMILES string of the molecule is COc1cc2c(cc1F)CC=C2C(=O)OCC12CCN(CC1)CC2. The van der Waals surface area contributed by atoms with Crippen molar-refractivity contribution in [1.82, 2.24) is 4.90 Å². The van der Waals surface area contributed by atoms with E-state index in [1.165, 1.54) is 13.2 Å². The van der Waals surface area contributed by atoms with Crippen molar-refractivity contribution in [3.8, 4) is 5.75 Å². The van der Waals surface area contributed by atoms with E-state index in [2.05, 4.69) is 4.90 Å². The summed E-state index contributed by atoms with van der Waals surface area (Å²) in [5, 5.41) is 0. The molecule has 4 nitrogen and oxygen atoms in total. The van der Waals surface area contributed by atoms with Crippen molar-refractivity contribution in [2.24, 2.45) is 5.41 Å². The van der Waals surface area contributed by atoms with E-state index in [-0.39, 0.29) is 17.1 Å². The molecule has 3 fully saturated rings. The van der Waals surface area contributed by atoms with E-state index in [1.54, 1.807) is 6.07 Å². The summed E-state index contributed by atoms with van der Waals surface area (Å²) >= 11 is 0. The van der Waals surface area contributed by atoms with E-state index in [9.17, 15) is 9.18 Å². The Hall–Kier alpha value is -1.88. The highest BCUT2D eigenvalue weighted by Gasteiger charge is 2.40. The van der Waals surface area contributed by atoms with Crippen molar-refractivity contribution >= 4 is 11.5 Å². The second-order valence-electron chi connectivity index (χ2n) is 7.13. The number of ether oxygens (including phenoxy) is 2. The van der Waals surface area contributed by atoms with Crippen LogP contribution in [0, 0.1) is 11.2 Å². The van der Waals surface area contributed by atoms with Gasteiger partial charge in [-0.15, -0.1) is 0 Å². The van der Waals surface area contributed by atoms with Crippen molar-refractivity contribution in [2.75, 3.05) is 33.4 Å². The zero-order chi connectivity index (χ0) is 16.7. The number of benzene rings is 1. The third-order valence-corrected chi connectivity index (χ3v) is 5.80. The number of esters is 1. The third-order valence-electron chi connectivity index (χ3n) is 5.80. The number of rotatable bonds is 4. The van der Waals surface area contributed by atoms with E-state index in [4.69, 9.17) is 9.47 Å². The van der Waals surface area contributed by atoms with Crippen LogP contribution in [0.15, 0.2) is 18.2 Å². The zero-order valence-corrected chi connectivity index (χ0v) is 13.9. The first-order valence-electron chi connectivity index (χ1n) is 8.57. The first kappa shape index (κ1) is 15.6. The maximum Gasteiger partial charge on any atom is 0.338 e. The topological polar surface area (TPSA) is 38.8 Å². The molecule has 24 heavy (non-hydrogen) atoms. The molecule has 0 aromatic heterocycles. The average Bonchev–Trinajstić information content (AvgIpc) is 3.03. The van der Waals surface area contributed by atoms with Gasteiger partial charge in [0.2, 0.25) is 0 Å². The zero-order valence-electron chi connectivity index (χ0n) is 13.9. The van der Waals surface area contributed by atoms with Crippen LogP contribution in [0.25, 0.3) is 5.57 Å². The summed E-state index contributed by atoms with van der Waals surface area (Å²) in [6.45, 7) is 3.82. The molecule has 1 aromatic rings. The molecule has 0 atom stereocenters.